The first-order valence-electron chi connectivity index (χ1n) is 11.1. The maximum absolute atomic E-state index is 12.5. The Balaban J connectivity index is 1.57. The van der Waals surface area contributed by atoms with Gasteiger partial charge in [-0.1, -0.05) is 23.4 Å². The summed E-state index contributed by atoms with van der Waals surface area (Å²) in [6, 6.07) is 0. The number of likely N-dealkylation sites (N-methyl/N-ethyl adjacent to an activating group) is 1. The summed E-state index contributed by atoms with van der Waals surface area (Å²) in [5.41, 5.74) is 10.4. The fraction of sp³-hybridized carbons (Fsp3) is 0.417. The molecule has 0 aliphatic carbocycles. The van der Waals surface area contributed by atoms with Gasteiger partial charge in [0.15, 0.2) is 0 Å². The van der Waals surface area contributed by atoms with Gasteiger partial charge in [0.1, 0.15) is 10.8 Å². The van der Waals surface area contributed by atoms with Crippen molar-refractivity contribution in [3.8, 4) is 11.8 Å². The largest absolute Gasteiger partial charge is 0.368 e. The van der Waals surface area contributed by atoms with Gasteiger partial charge < -0.3 is 20.1 Å². The molecule has 34 heavy (non-hydrogen) atoms. The number of nitrogens with two attached hydrogens (primary N) is 1. The number of carbonyl (C=O) groups excluding carboxylic acids is 1. The SMILES string of the molecule is Cc1cnc(Cn2cc(C#CCCC(=O)N3CCN(C)CC3)c3c(Cl)nc(N)nc32)c(C)c1I. The van der Waals surface area contributed by atoms with Gasteiger partial charge in [-0.3, -0.25) is 9.78 Å². The molecule has 1 saturated heterocycles. The van der Waals surface area contributed by atoms with Crippen molar-refractivity contribution in [2.75, 3.05) is 39.0 Å². The molecule has 3 aromatic rings. The van der Waals surface area contributed by atoms with Gasteiger partial charge in [-0.05, 0) is 54.6 Å². The molecular weight excluding hydrogens is 565 g/mol. The quantitative estimate of drug-likeness (QED) is 0.285. The second-order valence-corrected chi connectivity index (χ2v) is 9.99. The molecule has 1 aliphatic rings. The number of halogens is 2. The van der Waals surface area contributed by atoms with E-state index < -0.39 is 0 Å². The topological polar surface area (TPSA) is 93.2 Å². The van der Waals surface area contributed by atoms with Gasteiger partial charge in [0, 0.05) is 55.0 Å². The predicted octanol–water partition coefficient (Wildman–Crippen LogP) is 3.24. The highest BCUT2D eigenvalue weighted by Gasteiger charge is 2.19. The van der Waals surface area contributed by atoms with E-state index in [0.717, 1.165) is 43.0 Å². The Labute approximate surface area is 218 Å². The Morgan fingerprint density at radius 3 is 2.71 bits per heavy atom. The Morgan fingerprint density at radius 2 is 1.97 bits per heavy atom. The molecule has 1 fully saturated rings. The number of anilines is 1. The smallest absolute Gasteiger partial charge is 0.223 e. The summed E-state index contributed by atoms with van der Waals surface area (Å²) >= 11 is 8.79. The number of fused-ring (bicyclic) bond motifs is 1. The predicted molar refractivity (Wildman–Crippen MR) is 143 cm³/mol. The molecule has 4 rings (SSSR count). The zero-order chi connectivity index (χ0) is 24.4. The zero-order valence-electron chi connectivity index (χ0n) is 19.5. The number of pyridine rings is 1. The molecule has 0 unspecified atom stereocenters. The van der Waals surface area contributed by atoms with Gasteiger partial charge in [0.05, 0.1) is 23.2 Å². The van der Waals surface area contributed by atoms with Crippen LogP contribution in [-0.4, -0.2) is 68.5 Å². The molecule has 4 heterocycles. The van der Waals surface area contributed by atoms with Crippen molar-refractivity contribution in [1.82, 2.24) is 29.3 Å². The van der Waals surface area contributed by atoms with Crippen LogP contribution in [0.1, 0.15) is 35.2 Å². The third kappa shape index (κ3) is 5.29. The van der Waals surface area contributed by atoms with Gasteiger partial charge in [-0.2, -0.15) is 4.98 Å². The third-order valence-corrected chi connectivity index (χ3v) is 8.01. The highest BCUT2D eigenvalue weighted by atomic mass is 127. The van der Waals surface area contributed by atoms with E-state index in [1.165, 1.54) is 3.57 Å². The molecule has 1 aliphatic heterocycles. The van der Waals surface area contributed by atoms with Crippen molar-refractivity contribution in [1.29, 1.82) is 0 Å². The highest BCUT2D eigenvalue weighted by Crippen LogP contribution is 2.28. The molecule has 0 atom stereocenters. The summed E-state index contributed by atoms with van der Waals surface area (Å²) in [7, 11) is 2.07. The van der Waals surface area contributed by atoms with Crippen LogP contribution in [0.4, 0.5) is 5.95 Å². The Morgan fingerprint density at radius 1 is 1.24 bits per heavy atom. The number of nitrogen functional groups attached to an aromatic ring is 1. The molecule has 0 aromatic carbocycles. The van der Waals surface area contributed by atoms with E-state index in [9.17, 15) is 4.79 Å². The lowest BCUT2D eigenvalue weighted by Gasteiger charge is -2.32. The van der Waals surface area contributed by atoms with E-state index in [1.54, 1.807) is 0 Å². The van der Waals surface area contributed by atoms with Gasteiger partial charge in [0.25, 0.3) is 0 Å². The first kappa shape index (κ1) is 24.7. The van der Waals surface area contributed by atoms with Crippen LogP contribution in [0.5, 0.6) is 0 Å². The number of carbonyl (C=O) groups is 1. The number of aromatic nitrogens is 4. The number of aryl methyl sites for hydroxylation is 1. The first-order chi connectivity index (χ1) is 16.2. The Bertz CT molecular complexity index is 1300. The van der Waals surface area contributed by atoms with Crippen LogP contribution >= 0.6 is 34.2 Å². The average Bonchev–Trinajstić information content (AvgIpc) is 3.14. The molecule has 8 nitrogen and oxygen atoms in total. The molecule has 2 N–H and O–H groups in total. The zero-order valence-corrected chi connectivity index (χ0v) is 22.4. The maximum atomic E-state index is 12.5. The summed E-state index contributed by atoms with van der Waals surface area (Å²) < 4.78 is 3.15. The van der Waals surface area contributed by atoms with Gasteiger partial charge in [-0.25, -0.2) is 4.98 Å². The van der Waals surface area contributed by atoms with Gasteiger partial charge in [-0.15, -0.1) is 0 Å². The molecule has 0 radical (unpaired) electrons. The molecule has 1 amide bonds. The van der Waals surface area contributed by atoms with E-state index in [1.807, 2.05) is 28.8 Å². The summed E-state index contributed by atoms with van der Waals surface area (Å²) in [6.45, 7) is 7.99. The van der Waals surface area contributed by atoms with Crippen molar-refractivity contribution < 1.29 is 4.79 Å². The molecule has 3 aromatic heterocycles. The standard InChI is InChI=1S/C24H27ClIN7O/c1-15-12-28-18(16(2)21(15)26)14-33-13-17(20-22(25)29-24(27)30-23(20)33)6-4-5-7-19(34)32-10-8-31(3)9-11-32/h12-13H,5,7-11,14H2,1-3H3,(H2,27,29,30). The lowest BCUT2D eigenvalue weighted by Crippen LogP contribution is -2.47. The molecule has 178 valence electrons. The minimum absolute atomic E-state index is 0.109. The fourth-order valence-electron chi connectivity index (χ4n) is 3.99. The van der Waals surface area contributed by atoms with Crippen molar-refractivity contribution >= 4 is 57.1 Å². The summed E-state index contributed by atoms with van der Waals surface area (Å²) in [6.07, 6.45) is 4.66. The normalized spacial score (nSPS) is 14.3. The second-order valence-electron chi connectivity index (χ2n) is 8.55. The van der Waals surface area contributed by atoms with E-state index in [0.29, 0.717) is 36.0 Å². The van der Waals surface area contributed by atoms with Gasteiger partial charge in [0.2, 0.25) is 11.9 Å². The van der Waals surface area contributed by atoms with Gasteiger partial charge >= 0.3 is 0 Å². The van der Waals surface area contributed by atoms with Crippen molar-refractivity contribution in [3.05, 3.63) is 43.5 Å². The minimum Gasteiger partial charge on any atom is -0.368 e. The van der Waals surface area contributed by atoms with Crippen LogP contribution < -0.4 is 5.73 Å². The maximum Gasteiger partial charge on any atom is 0.223 e. The van der Waals surface area contributed by atoms with E-state index in [-0.39, 0.29) is 17.0 Å². The molecule has 10 heteroatoms. The highest BCUT2D eigenvalue weighted by molar-refractivity contribution is 14.1. The van der Waals surface area contributed by atoms with E-state index in [2.05, 4.69) is 68.3 Å². The van der Waals surface area contributed by atoms with Crippen molar-refractivity contribution in [2.45, 2.75) is 33.2 Å². The number of hydrogen-bond acceptors (Lipinski definition) is 6. The lowest BCUT2D eigenvalue weighted by atomic mass is 10.1. The molecule has 0 bridgehead atoms. The van der Waals surface area contributed by atoms with E-state index in [4.69, 9.17) is 17.3 Å². The number of piperazine rings is 1. The summed E-state index contributed by atoms with van der Waals surface area (Å²) in [5, 5.41) is 0.926. The van der Waals surface area contributed by atoms with Crippen LogP contribution in [0.25, 0.3) is 11.0 Å². The first-order valence-corrected chi connectivity index (χ1v) is 12.6. The van der Waals surface area contributed by atoms with Crippen LogP contribution in [-0.2, 0) is 11.3 Å². The number of nitrogens with zero attached hydrogens (tertiary/aromatic N) is 6. The van der Waals surface area contributed by atoms with Crippen molar-refractivity contribution in [3.63, 3.8) is 0 Å². The molecule has 0 saturated carbocycles. The molecular formula is C24H27ClIN7O. The molecule has 0 spiro atoms. The van der Waals surface area contributed by atoms with Crippen molar-refractivity contribution in [2.24, 2.45) is 0 Å². The van der Waals surface area contributed by atoms with Crippen LogP contribution in [0, 0.1) is 29.3 Å². The lowest BCUT2D eigenvalue weighted by molar-refractivity contribution is -0.132. The monoisotopic (exact) mass is 591 g/mol. The van der Waals surface area contributed by atoms with Crippen LogP contribution in [0.2, 0.25) is 5.15 Å². The number of amides is 1. The third-order valence-electron chi connectivity index (χ3n) is 6.07. The Kier molecular flexibility index (Phi) is 7.60. The van der Waals surface area contributed by atoms with E-state index >= 15 is 0 Å². The average molecular weight is 592 g/mol. The summed E-state index contributed by atoms with van der Waals surface area (Å²) in [4.78, 5) is 29.8. The second kappa shape index (κ2) is 10.5. The Hall–Kier alpha value is -2.42. The van der Waals surface area contributed by atoms with Crippen LogP contribution in [0.3, 0.4) is 0 Å². The van der Waals surface area contributed by atoms with Crippen LogP contribution in [0.15, 0.2) is 12.4 Å². The summed E-state index contributed by atoms with van der Waals surface area (Å²) in [5.74, 6) is 6.57. The number of hydrogen-bond donors (Lipinski definition) is 1. The number of rotatable bonds is 4. The minimum atomic E-state index is 0.109. The fourth-order valence-corrected chi connectivity index (χ4v) is 4.71.